The van der Waals surface area contributed by atoms with Gasteiger partial charge in [0, 0.05) is 5.56 Å². The molecule has 1 aromatic carbocycles. The van der Waals surface area contributed by atoms with Crippen LogP contribution in [0, 0.1) is 0 Å². The molecule has 0 aliphatic heterocycles. The molecule has 0 aromatic heterocycles. The number of fused-ring (bicyclic) bond motifs is 1. The highest BCUT2D eigenvalue weighted by Crippen LogP contribution is 2.39. The van der Waals surface area contributed by atoms with E-state index in [2.05, 4.69) is 0 Å². The van der Waals surface area contributed by atoms with Crippen LogP contribution in [0.3, 0.4) is 0 Å². The Kier molecular flexibility index (Phi) is 2.66. The number of aliphatic hydroxyl groups is 2. The van der Waals surface area contributed by atoms with Crippen molar-refractivity contribution >= 4 is 11.7 Å². The smallest absolute Gasteiger partial charge is 0.340 e. The molecule has 1 unspecified atom stereocenters. The first-order valence-electron chi connectivity index (χ1n) is 5.04. The summed E-state index contributed by atoms with van der Waals surface area (Å²) >= 11 is 0. The molecule has 0 heterocycles. The summed E-state index contributed by atoms with van der Waals surface area (Å²) in [6, 6.07) is 6.79. The van der Waals surface area contributed by atoms with Crippen molar-refractivity contribution < 1.29 is 19.7 Å². The van der Waals surface area contributed by atoms with E-state index in [1.165, 1.54) is 0 Å². The predicted molar refractivity (Wildman–Crippen MR) is 57.6 cm³/mol. The van der Waals surface area contributed by atoms with Gasteiger partial charge >= 0.3 is 5.97 Å². The third-order valence-electron chi connectivity index (χ3n) is 2.53. The average Bonchev–Trinajstić information content (AvgIpc) is 2.53. The number of aliphatic hydroxyl groups excluding tert-OH is 2. The average molecular weight is 220 g/mol. The van der Waals surface area contributed by atoms with Gasteiger partial charge in [0.1, 0.15) is 17.4 Å². The SMILES string of the molecule is CCOC(=O)C1=C(O)c2ccccc2C1O. The summed E-state index contributed by atoms with van der Waals surface area (Å²) in [5.41, 5.74) is 0.934. The second kappa shape index (κ2) is 3.98. The van der Waals surface area contributed by atoms with Gasteiger partial charge in [-0.3, -0.25) is 0 Å². The van der Waals surface area contributed by atoms with Gasteiger partial charge in [-0.1, -0.05) is 24.3 Å². The second-order valence-corrected chi connectivity index (χ2v) is 3.47. The Bertz CT molecular complexity index is 462. The van der Waals surface area contributed by atoms with E-state index >= 15 is 0 Å². The largest absolute Gasteiger partial charge is 0.507 e. The van der Waals surface area contributed by atoms with Crippen molar-refractivity contribution in [3.63, 3.8) is 0 Å². The normalized spacial score (nSPS) is 18.5. The third-order valence-corrected chi connectivity index (χ3v) is 2.53. The standard InChI is InChI=1S/C12H12O4/c1-2-16-12(15)9-10(13)7-5-3-4-6-8(7)11(9)14/h3-6,10,13-14H,2H2,1H3. The van der Waals surface area contributed by atoms with E-state index in [-0.39, 0.29) is 17.9 Å². The molecule has 4 heteroatoms. The second-order valence-electron chi connectivity index (χ2n) is 3.47. The van der Waals surface area contributed by atoms with Gasteiger partial charge in [-0.25, -0.2) is 4.79 Å². The Morgan fingerprint density at radius 1 is 1.44 bits per heavy atom. The molecule has 0 fully saturated rings. The van der Waals surface area contributed by atoms with Crippen molar-refractivity contribution in [3.05, 3.63) is 41.0 Å². The maximum Gasteiger partial charge on any atom is 0.340 e. The Labute approximate surface area is 92.8 Å². The lowest BCUT2D eigenvalue weighted by molar-refractivity contribution is -0.139. The zero-order chi connectivity index (χ0) is 11.7. The third kappa shape index (κ3) is 1.47. The molecule has 1 aromatic rings. The lowest BCUT2D eigenvalue weighted by atomic mass is 10.1. The van der Waals surface area contributed by atoms with Crippen molar-refractivity contribution in [2.75, 3.05) is 6.61 Å². The van der Waals surface area contributed by atoms with Crippen molar-refractivity contribution in [3.8, 4) is 0 Å². The van der Waals surface area contributed by atoms with Gasteiger partial charge in [0.2, 0.25) is 0 Å². The van der Waals surface area contributed by atoms with E-state index in [0.717, 1.165) is 0 Å². The molecule has 0 spiro atoms. The summed E-state index contributed by atoms with van der Waals surface area (Å²) in [7, 11) is 0. The van der Waals surface area contributed by atoms with Gasteiger partial charge in [0.25, 0.3) is 0 Å². The molecule has 4 nitrogen and oxygen atoms in total. The Morgan fingerprint density at radius 3 is 2.75 bits per heavy atom. The summed E-state index contributed by atoms with van der Waals surface area (Å²) in [5.74, 6) is -0.870. The van der Waals surface area contributed by atoms with Crippen LogP contribution in [0.5, 0.6) is 0 Å². The summed E-state index contributed by atoms with van der Waals surface area (Å²) in [6.07, 6.45) is -1.10. The van der Waals surface area contributed by atoms with Gasteiger partial charge in [-0.15, -0.1) is 0 Å². The fraction of sp³-hybridized carbons (Fsp3) is 0.250. The Morgan fingerprint density at radius 2 is 2.12 bits per heavy atom. The minimum Gasteiger partial charge on any atom is -0.507 e. The molecule has 16 heavy (non-hydrogen) atoms. The van der Waals surface area contributed by atoms with E-state index < -0.39 is 12.1 Å². The number of benzene rings is 1. The summed E-state index contributed by atoms with van der Waals surface area (Å²) in [6.45, 7) is 1.88. The van der Waals surface area contributed by atoms with Gasteiger partial charge in [0.05, 0.1) is 6.61 Å². The molecular weight excluding hydrogens is 208 g/mol. The summed E-state index contributed by atoms with van der Waals surface area (Å²) in [5, 5.41) is 19.7. The van der Waals surface area contributed by atoms with Crippen LogP contribution in [0.15, 0.2) is 29.8 Å². The maximum atomic E-state index is 11.5. The van der Waals surface area contributed by atoms with Crippen molar-refractivity contribution in [2.24, 2.45) is 0 Å². The molecule has 0 amide bonds. The molecule has 0 radical (unpaired) electrons. The van der Waals surface area contributed by atoms with Crippen LogP contribution in [-0.4, -0.2) is 22.8 Å². The van der Waals surface area contributed by atoms with Crippen molar-refractivity contribution in [1.82, 2.24) is 0 Å². The number of carbonyl (C=O) groups excluding carboxylic acids is 1. The number of hydrogen-bond acceptors (Lipinski definition) is 4. The number of carbonyl (C=O) groups is 1. The van der Waals surface area contributed by atoms with Gasteiger partial charge in [-0.05, 0) is 12.5 Å². The molecule has 0 saturated carbocycles. The molecule has 1 aliphatic carbocycles. The fourth-order valence-corrected chi connectivity index (χ4v) is 1.80. The topological polar surface area (TPSA) is 66.8 Å². The van der Waals surface area contributed by atoms with Gasteiger partial charge < -0.3 is 14.9 Å². The van der Waals surface area contributed by atoms with Gasteiger partial charge in [-0.2, -0.15) is 0 Å². The predicted octanol–water partition coefficient (Wildman–Crippen LogP) is 1.57. The first kappa shape index (κ1) is 10.7. The highest BCUT2D eigenvalue weighted by molar-refractivity contribution is 6.00. The van der Waals surface area contributed by atoms with Crippen LogP contribution in [-0.2, 0) is 9.53 Å². The lowest BCUT2D eigenvalue weighted by Gasteiger charge is -2.08. The fourth-order valence-electron chi connectivity index (χ4n) is 1.80. The minimum absolute atomic E-state index is 0.0805. The maximum absolute atomic E-state index is 11.5. The van der Waals surface area contributed by atoms with Crippen LogP contribution in [0.25, 0.3) is 5.76 Å². The number of hydrogen-bond donors (Lipinski definition) is 2. The molecule has 1 atom stereocenters. The van der Waals surface area contributed by atoms with Crippen LogP contribution >= 0.6 is 0 Å². The van der Waals surface area contributed by atoms with Gasteiger partial charge in [0.15, 0.2) is 0 Å². The quantitative estimate of drug-likeness (QED) is 0.742. The van der Waals surface area contributed by atoms with Crippen LogP contribution in [0.4, 0.5) is 0 Å². The van der Waals surface area contributed by atoms with E-state index in [4.69, 9.17) is 4.74 Å². The Balaban J connectivity index is 2.44. The zero-order valence-electron chi connectivity index (χ0n) is 8.80. The minimum atomic E-state index is -1.10. The first-order chi connectivity index (χ1) is 7.66. The van der Waals surface area contributed by atoms with Crippen molar-refractivity contribution in [2.45, 2.75) is 13.0 Å². The molecule has 0 saturated heterocycles. The lowest BCUT2D eigenvalue weighted by Crippen LogP contribution is -2.12. The van der Waals surface area contributed by atoms with E-state index in [1.54, 1.807) is 31.2 Å². The Hall–Kier alpha value is -1.81. The molecule has 84 valence electrons. The van der Waals surface area contributed by atoms with E-state index in [1.807, 2.05) is 0 Å². The van der Waals surface area contributed by atoms with E-state index in [0.29, 0.717) is 11.1 Å². The van der Waals surface area contributed by atoms with Crippen LogP contribution < -0.4 is 0 Å². The first-order valence-corrected chi connectivity index (χ1v) is 5.04. The zero-order valence-corrected chi connectivity index (χ0v) is 8.80. The highest BCUT2D eigenvalue weighted by atomic mass is 16.5. The number of rotatable bonds is 2. The molecule has 2 rings (SSSR count). The van der Waals surface area contributed by atoms with E-state index in [9.17, 15) is 15.0 Å². The molecular formula is C12H12O4. The highest BCUT2D eigenvalue weighted by Gasteiger charge is 2.34. The number of ether oxygens (including phenoxy) is 1. The molecule has 1 aliphatic rings. The number of esters is 1. The summed E-state index contributed by atoms with van der Waals surface area (Å²) < 4.78 is 4.78. The molecule has 2 N–H and O–H groups in total. The van der Waals surface area contributed by atoms with Crippen LogP contribution in [0.1, 0.15) is 24.2 Å². The summed E-state index contributed by atoms with van der Waals surface area (Å²) in [4.78, 5) is 11.5. The van der Waals surface area contributed by atoms with Crippen LogP contribution in [0.2, 0.25) is 0 Å². The van der Waals surface area contributed by atoms with Crippen molar-refractivity contribution in [1.29, 1.82) is 0 Å². The monoisotopic (exact) mass is 220 g/mol. The molecule has 0 bridgehead atoms.